The van der Waals surface area contributed by atoms with E-state index in [1.807, 2.05) is 6.07 Å². The van der Waals surface area contributed by atoms with Crippen LogP contribution in [0.2, 0.25) is 0 Å². The number of sulfone groups is 1. The average Bonchev–Trinajstić information content (AvgIpc) is 3.35. The lowest BCUT2D eigenvalue weighted by molar-refractivity contribution is -0.120. The number of Topliss-reactive ketones (excluding diaryl/α,β-unsaturated/α-hetero) is 1. The van der Waals surface area contributed by atoms with E-state index in [-0.39, 0.29) is 36.2 Å². The van der Waals surface area contributed by atoms with Gasteiger partial charge in [0.1, 0.15) is 5.78 Å². The van der Waals surface area contributed by atoms with Crippen molar-refractivity contribution in [2.45, 2.75) is 63.2 Å². The summed E-state index contributed by atoms with van der Waals surface area (Å²) in [6, 6.07) is 10.3. The van der Waals surface area contributed by atoms with E-state index in [1.54, 1.807) is 56.5 Å². The van der Waals surface area contributed by atoms with Gasteiger partial charge >= 0.3 is 7.60 Å². The first kappa shape index (κ1) is 28.5. The lowest BCUT2D eigenvalue weighted by Gasteiger charge is -2.20. The molecule has 1 fully saturated rings. The summed E-state index contributed by atoms with van der Waals surface area (Å²) < 4.78 is 46.8. The second-order valence-corrected chi connectivity index (χ2v) is 13.1. The van der Waals surface area contributed by atoms with Gasteiger partial charge in [-0.15, -0.1) is 0 Å². The Balaban J connectivity index is 1.74. The summed E-state index contributed by atoms with van der Waals surface area (Å²) in [5.41, 5.74) is 2.23. The fourth-order valence-electron chi connectivity index (χ4n) is 4.58. The van der Waals surface area contributed by atoms with Crippen molar-refractivity contribution >= 4 is 29.3 Å². The standard InChI is InChI=1S/C27H36NO6PS/c1-4-33-35(30,34-5-2)17-16-22-10-13-24(28-20-22)19-27(29)26(18-21-8-6-7-9-21)23-11-14-25(15-12-23)36(3,31)32/h10-17,20-21,26H,4-9,18-19H2,1-3H3/b17-16+/t26-/m1/s1. The highest BCUT2D eigenvalue weighted by Gasteiger charge is 2.27. The molecule has 0 bridgehead atoms. The normalized spacial score (nSPS) is 16.0. The van der Waals surface area contributed by atoms with Crippen LogP contribution in [0.25, 0.3) is 6.08 Å². The maximum atomic E-state index is 13.4. The van der Waals surface area contributed by atoms with Crippen molar-refractivity contribution in [3.05, 3.63) is 65.2 Å². The van der Waals surface area contributed by atoms with E-state index in [0.717, 1.165) is 30.4 Å². The molecule has 196 valence electrons. The maximum Gasteiger partial charge on any atom is 0.354 e. The molecule has 1 saturated carbocycles. The number of pyridine rings is 1. The van der Waals surface area contributed by atoms with Crippen LogP contribution < -0.4 is 0 Å². The van der Waals surface area contributed by atoms with Crippen LogP contribution in [0.1, 0.15) is 68.7 Å². The van der Waals surface area contributed by atoms with Crippen LogP contribution >= 0.6 is 7.60 Å². The summed E-state index contributed by atoms with van der Waals surface area (Å²) in [7, 11) is -6.59. The summed E-state index contributed by atoms with van der Waals surface area (Å²) in [4.78, 5) is 18.1. The molecule has 1 aliphatic carbocycles. The molecule has 0 saturated heterocycles. The molecule has 3 rings (SSSR count). The number of hydrogen-bond acceptors (Lipinski definition) is 7. The molecule has 0 unspecified atom stereocenters. The molecule has 0 N–H and O–H groups in total. The Morgan fingerprint density at radius 3 is 2.25 bits per heavy atom. The predicted octanol–water partition coefficient (Wildman–Crippen LogP) is 6.20. The minimum Gasteiger partial charge on any atom is -0.306 e. The highest BCUT2D eigenvalue weighted by Crippen LogP contribution is 2.50. The third-order valence-electron chi connectivity index (χ3n) is 6.41. The maximum absolute atomic E-state index is 13.4. The van der Waals surface area contributed by atoms with Crippen molar-refractivity contribution < 1.29 is 26.8 Å². The summed E-state index contributed by atoms with van der Waals surface area (Å²) in [5, 5.41) is 0. The Morgan fingerprint density at radius 1 is 1.08 bits per heavy atom. The van der Waals surface area contributed by atoms with Crippen molar-refractivity contribution in [2.75, 3.05) is 19.5 Å². The summed E-state index contributed by atoms with van der Waals surface area (Å²) in [6.45, 7) is 4.07. The van der Waals surface area contributed by atoms with Crippen LogP contribution in [0.5, 0.6) is 0 Å². The number of carbonyl (C=O) groups excluding carboxylic acids is 1. The molecule has 1 aromatic heterocycles. The monoisotopic (exact) mass is 533 g/mol. The molecule has 2 aromatic rings. The Kier molecular flexibility index (Phi) is 10.2. The molecule has 0 spiro atoms. The molecule has 0 amide bonds. The second-order valence-electron chi connectivity index (χ2n) is 9.20. The molecule has 0 aliphatic heterocycles. The number of ketones is 1. The first-order valence-electron chi connectivity index (χ1n) is 12.5. The molecule has 1 atom stereocenters. The van der Waals surface area contributed by atoms with Gasteiger partial charge in [0.2, 0.25) is 0 Å². The average molecular weight is 534 g/mol. The van der Waals surface area contributed by atoms with Crippen molar-refractivity contribution in [3.63, 3.8) is 0 Å². The second kappa shape index (κ2) is 12.9. The van der Waals surface area contributed by atoms with E-state index >= 15 is 0 Å². The Hall–Kier alpha value is -2.12. The fourth-order valence-corrected chi connectivity index (χ4v) is 6.53. The van der Waals surface area contributed by atoms with Crippen molar-refractivity contribution in [1.29, 1.82) is 0 Å². The third-order valence-corrected chi connectivity index (χ3v) is 9.29. The van der Waals surface area contributed by atoms with Gasteiger partial charge in [-0.05, 0) is 61.6 Å². The largest absolute Gasteiger partial charge is 0.354 e. The number of hydrogen-bond donors (Lipinski definition) is 0. The SMILES string of the molecule is CCOP(=O)(/C=C/c1ccc(CC(=O)[C@H](CC2CCCC2)c2ccc(S(C)(=O)=O)cc2)nc1)OCC. The van der Waals surface area contributed by atoms with Gasteiger partial charge in [-0.25, -0.2) is 8.42 Å². The van der Waals surface area contributed by atoms with Gasteiger partial charge < -0.3 is 9.05 Å². The summed E-state index contributed by atoms with van der Waals surface area (Å²) in [6.07, 6.45) is 10.0. The lowest BCUT2D eigenvalue weighted by Crippen LogP contribution is -2.18. The van der Waals surface area contributed by atoms with Gasteiger partial charge in [0, 0.05) is 36.3 Å². The lowest BCUT2D eigenvalue weighted by atomic mass is 9.83. The Bertz CT molecular complexity index is 1180. The van der Waals surface area contributed by atoms with Gasteiger partial charge in [0.25, 0.3) is 0 Å². The topological polar surface area (TPSA) is 99.6 Å². The van der Waals surface area contributed by atoms with E-state index < -0.39 is 17.4 Å². The van der Waals surface area contributed by atoms with Gasteiger partial charge in [-0.3, -0.25) is 14.3 Å². The van der Waals surface area contributed by atoms with Crippen molar-refractivity contribution in [2.24, 2.45) is 5.92 Å². The smallest absolute Gasteiger partial charge is 0.306 e. The molecule has 1 heterocycles. The van der Waals surface area contributed by atoms with E-state index in [2.05, 4.69) is 4.98 Å². The molecular weight excluding hydrogens is 497 g/mol. The van der Waals surface area contributed by atoms with Crippen LogP contribution in [0.15, 0.2) is 53.3 Å². The fraction of sp³-hybridized carbons (Fsp3) is 0.481. The first-order chi connectivity index (χ1) is 17.1. The molecule has 9 heteroatoms. The van der Waals surface area contributed by atoms with Crippen molar-refractivity contribution in [1.82, 2.24) is 4.98 Å². The molecule has 0 radical (unpaired) electrons. The zero-order valence-electron chi connectivity index (χ0n) is 21.3. The van der Waals surface area contributed by atoms with Crippen LogP contribution in [-0.4, -0.2) is 38.7 Å². The zero-order valence-corrected chi connectivity index (χ0v) is 23.0. The molecule has 1 aliphatic rings. The van der Waals surface area contributed by atoms with E-state index in [9.17, 15) is 17.8 Å². The van der Waals surface area contributed by atoms with Crippen LogP contribution in [0.3, 0.4) is 0 Å². The van der Waals surface area contributed by atoms with Gasteiger partial charge in [0.05, 0.1) is 18.1 Å². The molecular formula is C27H36NO6PS. The van der Waals surface area contributed by atoms with E-state index in [0.29, 0.717) is 11.6 Å². The highest BCUT2D eigenvalue weighted by molar-refractivity contribution is 7.90. The number of benzene rings is 1. The van der Waals surface area contributed by atoms with Gasteiger partial charge in [-0.1, -0.05) is 43.9 Å². The Morgan fingerprint density at radius 2 is 1.72 bits per heavy atom. The number of aromatic nitrogens is 1. The van der Waals surface area contributed by atoms with Gasteiger partial charge in [0.15, 0.2) is 9.84 Å². The molecule has 36 heavy (non-hydrogen) atoms. The Labute approximate surface area is 214 Å². The number of rotatable bonds is 13. The quantitative estimate of drug-likeness (QED) is 0.283. The number of carbonyl (C=O) groups is 1. The summed E-state index contributed by atoms with van der Waals surface area (Å²) >= 11 is 0. The van der Waals surface area contributed by atoms with E-state index in [1.165, 1.54) is 24.9 Å². The third kappa shape index (κ3) is 8.20. The molecule has 1 aromatic carbocycles. The summed E-state index contributed by atoms with van der Waals surface area (Å²) in [5.74, 6) is 1.70. The van der Waals surface area contributed by atoms with Crippen LogP contribution in [-0.2, 0) is 34.7 Å². The van der Waals surface area contributed by atoms with Crippen molar-refractivity contribution in [3.8, 4) is 0 Å². The van der Waals surface area contributed by atoms with Gasteiger partial charge in [-0.2, -0.15) is 0 Å². The highest BCUT2D eigenvalue weighted by atomic mass is 32.2. The van der Waals surface area contributed by atoms with E-state index in [4.69, 9.17) is 9.05 Å². The van der Waals surface area contributed by atoms with Crippen LogP contribution in [0, 0.1) is 5.92 Å². The van der Waals surface area contributed by atoms with Crippen LogP contribution in [0.4, 0.5) is 0 Å². The minimum atomic E-state index is -3.30. The number of nitrogens with zero attached hydrogens (tertiary/aromatic N) is 1. The predicted molar refractivity (Wildman–Crippen MR) is 142 cm³/mol. The zero-order chi connectivity index (χ0) is 26.2. The molecule has 7 nitrogen and oxygen atoms in total. The first-order valence-corrected chi connectivity index (χ1v) is 16.0. The minimum absolute atomic E-state index is 0.0713.